The van der Waals surface area contributed by atoms with Crippen LogP contribution in [-0.2, 0) is 11.2 Å². The molecule has 9 heteroatoms. The van der Waals surface area contributed by atoms with Gasteiger partial charge in [-0.1, -0.05) is 36.5 Å². The molecule has 2 aromatic heterocycles. The third kappa shape index (κ3) is 4.53. The summed E-state index contributed by atoms with van der Waals surface area (Å²) in [5.41, 5.74) is 9.11. The second kappa shape index (κ2) is 9.38. The zero-order valence-electron chi connectivity index (χ0n) is 16.9. The second-order valence-electron chi connectivity index (χ2n) is 6.98. The minimum Gasteiger partial charge on any atom is -0.469 e. The van der Waals surface area contributed by atoms with Crippen molar-refractivity contribution in [2.75, 3.05) is 44.8 Å². The molecule has 0 radical (unpaired) electrons. The van der Waals surface area contributed by atoms with E-state index in [2.05, 4.69) is 27.1 Å². The van der Waals surface area contributed by atoms with Crippen LogP contribution in [0.3, 0.4) is 0 Å². The lowest BCUT2D eigenvalue weighted by Crippen LogP contribution is -2.38. The number of thiazole rings is 1. The first-order valence-electron chi connectivity index (χ1n) is 10.0. The number of para-hydroxylation sites is 1. The van der Waals surface area contributed by atoms with Gasteiger partial charge in [0.25, 0.3) is 11.1 Å². The summed E-state index contributed by atoms with van der Waals surface area (Å²) in [7, 11) is 0. The molecule has 1 aliphatic heterocycles. The van der Waals surface area contributed by atoms with Crippen molar-refractivity contribution in [2.24, 2.45) is 5.73 Å². The normalized spacial score (nSPS) is 14.7. The van der Waals surface area contributed by atoms with Gasteiger partial charge in [-0.2, -0.15) is 4.98 Å². The Morgan fingerprint density at radius 2 is 2.13 bits per heavy atom. The van der Waals surface area contributed by atoms with Gasteiger partial charge in [-0.15, -0.1) is 0 Å². The van der Waals surface area contributed by atoms with Crippen LogP contribution in [-0.4, -0.2) is 60.2 Å². The highest BCUT2D eigenvalue weighted by atomic mass is 32.1. The number of nitrogens with zero attached hydrogens (tertiary/aromatic N) is 3. The quantitative estimate of drug-likeness (QED) is 0.570. The van der Waals surface area contributed by atoms with E-state index in [9.17, 15) is 4.79 Å². The summed E-state index contributed by atoms with van der Waals surface area (Å²) in [6.45, 7) is 6.78. The van der Waals surface area contributed by atoms with Gasteiger partial charge in [0.15, 0.2) is 0 Å². The Bertz CT molecular complexity index is 1030. The van der Waals surface area contributed by atoms with Gasteiger partial charge >= 0.3 is 0 Å². The number of hydrogen-bond acceptors (Lipinski definition) is 8. The van der Waals surface area contributed by atoms with E-state index >= 15 is 0 Å². The third-order valence-electron chi connectivity index (χ3n) is 5.07. The number of amides is 1. The Balaban J connectivity index is 1.59. The molecule has 1 aromatic carbocycles. The molecule has 3 N–H and O–H groups in total. The number of rotatable bonds is 8. The Morgan fingerprint density at radius 3 is 2.90 bits per heavy atom. The van der Waals surface area contributed by atoms with Crippen LogP contribution in [0.15, 0.2) is 30.5 Å². The molecule has 8 nitrogen and oxygen atoms in total. The minimum atomic E-state index is -0.552. The number of primary amides is 1. The van der Waals surface area contributed by atoms with Gasteiger partial charge < -0.3 is 20.5 Å². The largest absolute Gasteiger partial charge is 0.469 e. The number of carbonyl (C=O) groups is 1. The first-order chi connectivity index (χ1) is 14.7. The standard InChI is InChI=1S/C21H25N5O3S/c1-2-14-5-3-4-6-16(14)24-17-15(19(22)27)13-23-20-18(17)25-21(30-20)29-12-9-26-7-10-28-11-8-26/h3-6,13H,2,7-12H2,1H3,(H2,22,27)(H,23,24). The Labute approximate surface area is 179 Å². The minimum absolute atomic E-state index is 0.304. The van der Waals surface area contributed by atoms with Crippen LogP contribution >= 0.6 is 11.3 Å². The van der Waals surface area contributed by atoms with E-state index in [1.807, 2.05) is 24.3 Å². The predicted molar refractivity (Wildman–Crippen MR) is 118 cm³/mol. The summed E-state index contributed by atoms with van der Waals surface area (Å²) < 4.78 is 11.3. The zero-order valence-corrected chi connectivity index (χ0v) is 17.7. The Morgan fingerprint density at radius 1 is 1.33 bits per heavy atom. The van der Waals surface area contributed by atoms with Crippen molar-refractivity contribution in [2.45, 2.75) is 13.3 Å². The fourth-order valence-electron chi connectivity index (χ4n) is 3.41. The lowest BCUT2D eigenvalue weighted by molar-refractivity contribution is 0.0322. The zero-order chi connectivity index (χ0) is 20.9. The number of benzene rings is 1. The lowest BCUT2D eigenvalue weighted by Gasteiger charge is -2.26. The number of morpholine rings is 1. The number of nitrogens with one attached hydrogen (secondary N) is 1. The molecule has 0 bridgehead atoms. The summed E-state index contributed by atoms with van der Waals surface area (Å²) in [4.78, 5) is 24.0. The number of anilines is 2. The molecule has 1 aliphatic rings. The summed E-state index contributed by atoms with van der Waals surface area (Å²) in [5, 5.41) is 3.89. The van der Waals surface area contributed by atoms with Crippen LogP contribution in [0, 0.1) is 0 Å². The van der Waals surface area contributed by atoms with Crippen LogP contribution in [0.4, 0.5) is 11.4 Å². The van der Waals surface area contributed by atoms with E-state index in [4.69, 9.17) is 15.2 Å². The van der Waals surface area contributed by atoms with Crippen molar-refractivity contribution in [3.63, 3.8) is 0 Å². The molecule has 30 heavy (non-hydrogen) atoms. The van der Waals surface area contributed by atoms with Crippen molar-refractivity contribution in [3.05, 3.63) is 41.6 Å². The number of fused-ring (bicyclic) bond motifs is 1. The van der Waals surface area contributed by atoms with E-state index in [-0.39, 0.29) is 0 Å². The van der Waals surface area contributed by atoms with E-state index in [1.54, 1.807) is 0 Å². The molecular weight excluding hydrogens is 402 g/mol. The van der Waals surface area contributed by atoms with Crippen molar-refractivity contribution in [1.82, 2.24) is 14.9 Å². The molecule has 3 aromatic rings. The van der Waals surface area contributed by atoms with E-state index in [1.165, 1.54) is 17.5 Å². The van der Waals surface area contributed by atoms with Crippen LogP contribution in [0.1, 0.15) is 22.8 Å². The van der Waals surface area contributed by atoms with Crippen LogP contribution in [0.25, 0.3) is 10.3 Å². The molecule has 1 saturated heterocycles. The van der Waals surface area contributed by atoms with Crippen molar-refractivity contribution >= 4 is 39.0 Å². The SMILES string of the molecule is CCc1ccccc1Nc1c(C(N)=O)cnc2sc(OCCN3CCOCC3)nc12. The smallest absolute Gasteiger partial charge is 0.275 e. The molecule has 158 valence electrons. The number of hydrogen-bond donors (Lipinski definition) is 2. The average molecular weight is 428 g/mol. The van der Waals surface area contributed by atoms with E-state index in [0.29, 0.717) is 33.4 Å². The fourth-order valence-corrected chi connectivity index (χ4v) is 4.20. The highest BCUT2D eigenvalue weighted by Crippen LogP contribution is 2.35. The molecule has 1 fully saturated rings. The number of aromatic nitrogens is 2. The monoisotopic (exact) mass is 427 g/mol. The van der Waals surface area contributed by atoms with Gasteiger partial charge in [0.1, 0.15) is 17.0 Å². The average Bonchev–Trinajstić information content (AvgIpc) is 3.18. The molecule has 4 rings (SSSR count). The van der Waals surface area contributed by atoms with Crippen molar-refractivity contribution < 1.29 is 14.3 Å². The molecule has 3 heterocycles. The van der Waals surface area contributed by atoms with Crippen LogP contribution < -0.4 is 15.8 Å². The van der Waals surface area contributed by atoms with Gasteiger partial charge in [-0.3, -0.25) is 9.69 Å². The molecule has 0 aliphatic carbocycles. The predicted octanol–water partition coefficient (Wildman–Crippen LogP) is 2.81. The molecule has 1 amide bonds. The van der Waals surface area contributed by atoms with E-state index < -0.39 is 5.91 Å². The third-order valence-corrected chi connectivity index (χ3v) is 5.94. The maximum atomic E-state index is 12.0. The first-order valence-corrected chi connectivity index (χ1v) is 10.8. The summed E-state index contributed by atoms with van der Waals surface area (Å²) in [6, 6.07) is 7.96. The lowest BCUT2D eigenvalue weighted by atomic mass is 10.1. The van der Waals surface area contributed by atoms with Gasteiger partial charge in [-0.25, -0.2) is 4.98 Å². The maximum Gasteiger partial charge on any atom is 0.275 e. The van der Waals surface area contributed by atoms with Crippen LogP contribution in [0.5, 0.6) is 5.19 Å². The Hall–Kier alpha value is -2.75. The highest BCUT2D eigenvalue weighted by molar-refractivity contribution is 7.19. The summed E-state index contributed by atoms with van der Waals surface area (Å²) in [6.07, 6.45) is 2.35. The first kappa shape index (κ1) is 20.5. The topological polar surface area (TPSA) is 103 Å². The molecule has 0 spiro atoms. The molecule has 0 atom stereocenters. The van der Waals surface area contributed by atoms with Gasteiger partial charge in [-0.05, 0) is 18.1 Å². The van der Waals surface area contributed by atoms with Gasteiger partial charge in [0.05, 0.1) is 24.5 Å². The highest BCUT2D eigenvalue weighted by Gasteiger charge is 2.19. The number of pyridine rings is 1. The maximum absolute atomic E-state index is 12.0. The number of aryl methyl sites for hydroxylation is 1. The number of ether oxygens (including phenoxy) is 2. The number of nitrogens with two attached hydrogens (primary N) is 1. The molecular formula is C21H25N5O3S. The number of carbonyl (C=O) groups excluding carboxylic acids is 1. The second-order valence-corrected chi connectivity index (χ2v) is 7.92. The van der Waals surface area contributed by atoms with Crippen molar-refractivity contribution in [1.29, 1.82) is 0 Å². The molecule has 0 saturated carbocycles. The fraction of sp³-hybridized carbons (Fsp3) is 0.381. The summed E-state index contributed by atoms with van der Waals surface area (Å²) >= 11 is 1.36. The summed E-state index contributed by atoms with van der Waals surface area (Å²) in [5.74, 6) is -0.552. The molecule has 0 unspecified atom stereocenters. The van der Waals surface area contributed by atoms with Gasteiger partial charge in [0, 0.05) is 31.5 Å². The van der Waals surface area contributed by atoms with E-state index in [0.717, 1.165) is 50.5 Å². The van der Waals surface area contributed by atoms with Gasteiger partial charge in [0.2, 0.25) is 0 Å². The van der Waals surface area contributed by atoms with Crippen molar-refractivity contribution in [3.8, 4) is 5.19 Å². The van der Waals surface area contributed by atoms with Crippen LogP contribution in [0.2, 0.25) is 0 Å². The Kier molecular flexibility index (Phi) is 6.41.